The molecule has 0 bridgehead atoms. The first-order valence-electron chi connectivity index (χ1n) is 13.9. The second-order valence-corrected chi connectivity index (χ2v) is 10.4. The lowest BCUT2D eigenvalue weighted by Gasteiger charge is -2.32. The van der Waals surface area contributed by atoms with Crippen molar-refractivity contribution in [1.29, 1.82) is 0 Å². The average molecular weight is 630 g/mol. The van der Waals surface area contributed by atoms with E-state index in [0.29, 0.717) is 50.3 Å². The van der Waals surface area contributed by atoms with Crippen molar-refractivity contribution in [1.82, 2.24) is 19.9 Å². The highest BCUT2D eigenvalue weighted by Crippen LogP contribution is 2.41. The molecule has 0 saturated carbocycles. The van der Waals surface area contributed by atoms with Gasteiger partial charge >= 0.3 is 0 Å². The number of para-hydroxylation sites is 1. The Balaban J connectivity index is 1.63. The zero-order valence-corrected chi connectivity index (χ0v) is 25.9. The van der Waals surface area contributed by atoms with Crippen molar-refractivity contribution >= 4 is 40.1 Å². The van der Waals surface area contributed by atoms with Gasteiger partial charge < -0.3 is 29.2 Å². The molecular formula is C33H32ClN5O6. The first kappa shape index (κ1) is 31.1. The van der Waals surface area contributed by atoms with Crippen molar-refractivity contribution in [3.63, 3.8) is 0 Å². The van der Waals surface area contributed by atoms with E-state index in [2.05, 4.69) is 15.6 Å². The van der Waals surface area contributed by atoms with Gasteiger partial charge in [-0.3, -0.25) is 9.59 Å². The molecule has 1 N–H and O–H groups in total. The summed E-state index contributed by atoms with van der Waals surface area (Å²) in [7, 11) is 6.03. The van der Waals surface area contributed by atoms with Crippen molar-refractivity contribution < 1.29 is 28.5 Å². The Morgan fingerprint density at radius 3 is 2.16 bits per heavy atom. The molecule has 1 unspecified atom stereocenters. The predicted molar refractivity (Wildman–Crippen MR) is 170 cm³/mol. The van der Waals surface area contributed by atoms with Gasteiger partial charge in [0.1, 0.15) is 23.9 Å². The number of hydrogen-bond acceptors (Lipinski definition) is 8. The van der Waals surface area contributed by atoms with Crippen LogP contribution in [0.4, 0.5) is 5.69 Å². The minimum absolute atomic E-state index is 0.0694. The first-order chi connectivity index (χ1) is 21.8. The van der Waals surface area contributed by atoms with Gasteiger partial charge in [0.25, 0.3) is 5.91 Å². The van der Waals surface area contributed by atoms with Gasteiger partial charge in [0.15, 0.2) is 11.5 Å². The minimum atomic E-state index is -1.15. The number of ether oxygens (including phenoxy) is 4. The fraction of sp³-hybridized carbons (Fsp3) is 0.212. The molecule has 232 valence electrons. The summed E-state index contributed by atoms with van der Waals surface area (Å²) in [6, 6.07) is 23.5. The molecule has 45 heavy (non-hydrogen) atoms. The van der Waals surface area contributed by atoms with E-state index >= 15 is 0 Å². The lowest BCUT2D eigenvalue weighted by atomic mass is 10.0. The summed E-state index contributed by atoms with van der Waals surface area (Å²) in [6.45, 7) is -0.106. The Hall–Kier alpha value is -5.29. The third-order valence-electron chi connectivity index (χ3n) is 7.21. The van der Waals surface area contributed by atoms with Crippen LogP contribution in [-0.4, -0.2) is 60.1 Å². The fourth-order valence-corrected chi connectivity index (χ4v) is 5.11. The predicted octanol–water partition coefficient (Wildman–Crippen LogP) is 5.53. The number of aromatic nitrogens is 3. The van der Waals surface area contributed by atoms with Crippen molar-refractivity contribution in [3.8, 4) is 23.0 Å². The summed E-state index contributed by atoms with van der Waals surface area (Å²) < 4.78 is 23.5. The summed E-state index contributed by atoms with van der Waals surface area (Å²) in [4.78, 5) is 30.1. The Bertz CT molecular complexity index is 1770. The molecule has 11 nitrogen and oxygen atoms in total. The van der Waals surface area contributed by atoms with Crippen LogP contribution in [0.5, 0.6) is 23.0 Å². The van der Waals surface area contributed by atoms with E-state index in [1.54, 1.807) is 67.8 Å². The molecule has 0 aliphatic carbocycles. The topological polar surface area (TPSA) is 117 Å². The van der Waals surface area contributed by atoms with Crippen LogP contribution in [0.1, 0.15) is 17.2 Å². The highest BCUT2D eigenvalue weighted by Gasteiger charge is 2.34. The van der Waals surface area contributed by atoms with Gasteiger partial charge in [-0.25, -0.2) is 4.68 Å². The normalized spacial score (nSPS) is 11.5. The van der Waals surface area contributed by atoms with E-state index < -0.39 is 11.9 Å². The van der Waals surface area contributed by atoms with Gasteiger partial charge in [-0.2, -0.15) is 0 Å². The number of benzene rings is 4. The minimum Gasteiger partial charge on any atom is -0.497 e. The molecular weight excluding hydrogens is 598 g/mol. The number of anilines is 1. The van der Waals surface area contributed by atoms with Crippen molar-refractivity contribution in [2.24, 2.45) is 0 Å². The molecule has 12 heteroatoms. The molecule has 1 aromatic heterocycles. The van der Waals surface area contributed by atoms with Crippen molar-refractivity contribution in [2.75, 3.05) is 33.8 Å². The van der Waals surface area contributed by atoms with E-state index in [9.17, 15) is 9.59 Å². The molecule has 0 aliphatic rings. The Kier molecular flexibility index (Phi) is 9.69. The van der Waals surface area contributed by atoms with Crippen LogP contribution in [0.25, 0.3) is 11.0 Å². The van der Waals surface area contributed by atoms with Crippen LogP contribution in [0.15, 0.2) is 84.9 Å². The Morgan fingerprint density at radius 1 is 0.867 bits per heavy atom. The second-order valence-electron chi connectivity index (χ2n) is 9.96. The monoisotopic (exact) mass is 629 g/mol. The van der Waals surface area contributed by atoms with Gasteiger partial charge in [-0.1, -0.05) is 41.1 Å². The number of rotatable bonds is 12. The van der Waals surface area contributed by atoms with E-state index in [1.165, 1.54) is 30.9 Å². The summed E-state index contributed by atoms with van der Waals surface area (Å²) in [5.74, 6) is 0.784. The number of nitrogens with zero attached hydrogens (tertiary/aromatic N) is 4. The number of carbonyl (C=O) groups is 2. The van der Waals surface area contributed by atoms with Crippen LogP contribution < -0.4 is 24.3 Å². The molecule has 0 spiro atoms. The van der Waals surface area contributed by atoms with E-state index in [0.717, 1.165) is 5.56 Å². The van der Waals surface area contributed by atoms with Gasteiger partial charge in [0.05, 0.1) is 34.0 Å². The lowest BCUT2D eigenvalue weighted by Crippen LogP contribution is -2.42. The molecule has 5 aromatic rings. The number of amides is 2. The van der Waals surface area contributed by atoms with Gasteiger partial charge in [-0.15, -0.1) is 5.10 Å². The molecule has 0 fully saturated rings. The molecule has 0 saturated heterocycles. The largest absolute Gasteiger partial charge is 0.497 e. The fourth-order valence-electron chi connectivity index (χ4n) is 4.98. The molecule has 0 radical (unpaired) electrons. The number of hydrogen-bond donors (Lipinski definition) is 1. The zero-order chi connectivity index (χ0) is 31.9. The number of carbonyl (C=O) groups excluding carboxylic acids is 2. The molecule has 1 heterocycles. The van der Waals surface area contributed by atoms with Crippen LogP contribution >= 0.6 is 11.6 Å². The van der Waals surface area contributed by atoms with Crippen molar-refractivity contribution in [3.05, 3.63) is 101 Å². The zero-order valence-electron chi connectivity index (χ0n) is 25.2. The van der Waals surface area contributed by atoms with Crippen LogP contribution in [-0.2, 0) is 22.7 Å². The average Bonchev–Trinajstić information content (AvgIpc) is 3.47. The van der Waals surface area contributed by atoms with Gasteiger partial charge in [0, 0.05) is 17.3 Å². The van der Waals surface area contributed by atoms with Crippen LogP contribution in [0.3, 0.4) is 0 Å². The highest BCUT2D eigenvalue weighted by atomic mass is 35.5. The third-order valence-corrected chi connectivity index (χ3v) is 7.46. The summed E-state index contributed by atoms with van der Waals surface area (Å²) in [5.41, 5.74) is 3.03. The number of methoxy groups -OCH3 is 4. The maximum Gasteiger partial charge on any atom is 0.251 e. The third kappa shape index (κ3) is 6.94. The van der Waals surface area contributed by atoms with E-state index in [4.69, 9.17) is 30.5 Å². The number of nitrogens with one attached hydrogen (secondary N) is 1. The standard InChI is InChI=1S/C33H32ClN5O6/c1-42-25-15-13-24(14-16-25)35-33(41)31(22-17-28(43-2)32(45-4)29(18-22)44-3)38(19-21-9-11-23(34)12-10-21)30(40)20-39-27-8-6-5-7-26(27)36-37-39/h5-18,31H,19-20H2,1-4H3,(H,35,41). The molecule has 0 aliphatic heterocycles. The summed E-state index contributed by atoms with van der Waals surface area (Å²) >= 11 is 6.17. The number of fused-ring (bicyclic) bond motifs is 1. The number of halogens is 1. The second kappa shape index (κ2) is 14.0. The Morgan fingerprint density at radius 2 is 1.53 bits per heavy atom. The Labute approximate surface area is 265 Å². The maximum absolute atomic E-state index is 14.3. The first-order valence-corrected chi connectivity index (χ1v) is 14.3. The molecule has 1 atom stereocenters. The maximum atomic E-state index is 14.3. The molecule has 5 rings (SSSR count). The van der Waals surface area contributed by atoms with Crippen LogP contribution in [0, 0.1) is 0 Å². The van der Waals surface area contributed by atoms with E-state index in [-0.39, 0.29) is 19.0 Å². The smallest absolute Gasteiger partial charge is 0.251 e. The van der Waals surface area contributed by atoms with Gasteiger partial charge in [-0.05, 0) is 71.8 Å². The van der Waals surface area contributed by atoms with Crippen molar-refractivity contribution in [2.45, 2.75) is 19.1 Å². The summed E-state index contributed by atoms with van der Waals surface area (Å²) in [5, 5.41) is 11.9. The summed E-state index contributed by atoms with van der Waals surface area (Å²) in [6.07, 6.45) is 0. The SMILES string of the molecule is COc1ccc(NC(=O)C(c2cc(OC)c(OC)c(OC)c2)N(Cc2ccc(Cl)cc2)C(=O)Cn2nnc3ccccc32)cc1. The van der Waals surface area contributed by atoms with Crippen LogP contribution in [0.2, 0.25) is 5.02 Å². The highest BCUT2D eigenvalue weighted by molar-refractivity contribution is 6.30. The molecule has 4 aromatic carbocycles. The quantitative estimate of drug-likeness (QED) is 0.192. The lowest BCUT2D eigenvalue weighted by molar-refractivity contribution is -0.140. The van der Waals surface area contributed by atoms with E-state index in [1.807, 2.05) is 24.3 Å². The van der Waals surface area contributed by atoms with Gasteiger partial charge in [0.2, 0.25) is 11.7 Å². The molecule has 2 amide bonds.